The third-order valence-corrected chi connectivity index (χ3v) is 4.26. The van der Waals surface area contributed by atoms with Gasteiger partial charge in [-0.05, 0) is 32.1 Å². The van der Waals surface area contributed by atoms with Gasteiger partial charge in [0.25, 0.3) is 0 Å². The number of unbranched alkanes of at least 4 members (excludes halogenated alkanes) is 1. The fourth-order valence-electron chi connectivity index (χ4n) is 1.92. The molecule has 0 saturated heterocycles. The minimum Gasteiger partial charge on any atom is -0.748 e. The largest absolute Gasteiger partial charge is 1.00 e. The normalized spacial score (nSPS) is 14.9. The molecule has 18 heavy (non-hydrogen) atoms. The summed E-state index contributed by atoms with van der Waals surface area (Å²) in [5.74, 6) is 0. The van der Waals surface area contributed by atoms with Crippen molar-refractivity contribution in [2.75, 3.05) is 0 Å². The Balaban J connectivity index is 0. The molecule has 0 heterocycles. The fourth-order valence-corrected chi connectivity index (χ4v) is 2.90. The zero-order valence-corrected chi connectivity index (χ0v) is 15.8. The number of hydrogen-bond acceptors (Lipinski definition) is 4. The average molecular weight is 304 g/mol. The molecule has 0 bridgehead atoms. The number of aliphatic hydroxyl groups is 1. The molecule has 0 aliphatic rings. The molecule has 0 aromatic carbocycles. The molecule has 0 aliphatic heterocycles. The summed E-state index contributed by atoms with van der Waals surface area (Å²) in [6.07, 6.45) is 5.14. The zero-order chi connectivity index (χ0) is 13.3. The number of hydrogen-bond donors (Lipinski definition) is 1. The van der Waals surface area contributed by atoms with Crippen molar-refractivity contribution in [3.05, 3.63) is 0 Å². The van der Waals surface area contributed by atoms with E-state index in [2.05, 4.69) is 6.92 Å². The molecule has 1 N–H and O–H groups in total. The first-order valence-corrected chi connectivity index (χ1v) is 8.01. The van der Waals surface area contributed by atoms with E-state index in [-0.39, 0.29) is 57.5 Å². The van der Waals surface area contributed by atoms with E-state index < -0.39 is 15.4 Å². The van der Waals surface area contributed by atoms with E-state index in [4.69, 9.17) is 0 Å². The van der Waals surface area contributed by atoms with Crippen molar-refractivity contribution in [2.24, 2.45) is 0 Å². The van der Waals surface area contributed by atoms with E-state index >= 15 is 0 Å². The molecule has 0 saturated carbocycles. The molecule has 6 heteroatoms. The Hall–Kier alpha value is 1.51. The molecule has 4 nitrogen and oxygen atoms in total. The minimum absolute atomic E-state index is 0. The average Bonchev–Trinajstić information content (AvgIpc) is 2.23. The van der Waals surface area contributed by atoms with Crippen LogP contribution in [0.15, 0.2) is 0 Å². The maximum absolute atomic E-state index is 11.0. The van der Waals surface area contributed by atoms with Gasteiger partial charge in [-0.25, -0.2) is 8.42 Å². The summed E-state index contributed by atoms with van der Waals surface area (Å²) in [7, 11) is -4.17. The summed E-state index contributed by atoms with van der Waals surface area (Å²) in [6.45, 7) is 3.93. The smallest absolute Gasteiger partial charge is 0.748 e. The number of rotatable bonds is 10. The summed E-state index contributed by atoms with van der Waals surface area (Å²) < 4.78 is 32.9. The first-order chi connectivity index (χ1) is 7.91. The third kappa shape index (κ3) is 11.3. The topological polar surface area (TPSA) is 77.4 Å². The molecule has 2 unspecified atom stereocenters. The van der Waals surface area contributed by atoms with Crippen LogP contribution in [0.25, 0.3) is 0 Å². The minimum atomic E-state index is -4.17. The van der Waals surface area contributed by atoms with Crippen LogP contribution < -0.4 is 51.4 Å². The second-order valence-electron chi connectivity index (χ2n) is 4.63. The van der Waals surface area contributed by atoms with Gasteiger partial charge in [-0.3, -0.25) is 0 Å². The van der Waals surface area contributed by atoms with Crippen LogP contribution in [-0.2, 0) is 10.1 Å². The SMILES string of the molecule is CCCCC(O)CCCC(CCC)S(=O)(=O)[O-].[K+]. The Morgan fingerprint density at radius 3 is 2.00 bits per heavy atom. The molecule has 104 valence electrons. The second kappa shape index (κ2) is 12.3. The van der Waals surface area contributed by atoms with Crippen molar-refractivity contribution in [3.8, 4) is 0 Å². The monoisotopic (exact) mass is 304 g/mol. The van der Waals surface area contributed by atoms with Gasteiger partial charge in [-0.2, -0.15) is 0 Å². The third-order valence-electron chi connectivity index (χ3n) is 2.97. The van der Waals surface area contributed by atoms with E-state index in [0.717, 1.165) is 19.3 Å². The van der Waals surface area contributed by atoms with Gasteiger partial charge in [0.1, 0.15) is 0 Å². The fraction of sp³-hybridized carbons (Fsp3) is 1.00. The molecule has 0 spiro atoms. The van der Waals surface area contributed by atoms with E-state index in [1.807, 2.05) is 6.92 Å². The van der Waals surface area contributed by atoms with Crippen molar-refractivity contribution in [2.45, 2.75) is 76.6 Å². The molecule has 2 atom stereocenters. The van der Waals surface area contributed by atoms with Gasteiger partial charge in [0.05, 0.1) is 16.2 Å². The molecule has 0 aromatic heterocycles. The van der Waals surface area contributed by atoms with Crippen LogP contribution in [-0.4, -0.2) is 29.4 Å². The summed E-state index contributed by atoms with van der Waals surface area (Å²) in [5, 5.41) is 8.83. The van der Waals surface area contributed by atoms with Crippen molar-refractivity contribution in [1.82, 2.24) is 0 Å². The quantitative estimate of drug-likeness (QED) is 0.433. The van der Waals surface area contributed by atoms with Crippen LogP contribution in [0, 0.1) is 0 Å². The van der Waals surface area contributed by atoms with E-state index in [9.17, 15) is 18.1 Å². The van der Waals surface area contributed by atoms with Gasteiger partial charge in [0, 0.05) is 5.25 Å². The first kappa shape index (κ1) is 21.8. The molecule has 0 radical (unpaired) electrons. The van der Waals surface area contributed by atoms with Gasteiger partial charge in [0.15, 0.2) is 0 Å². The Kier molecular flexibility index (Phi) is 14.9. The van der Waals surface area contributed by atoms with Crippen molar-refractivity contribution in [1.29, 1.82) is 0 Å². The van der Waals surface area contributed by atoms with Gasteiger partial charge in [0.2, 0.25) is 0 Å². The first-order valence-electron chi connectivity index (χ1n) is 6.54. The molecule has 0 aromatic rings. The predicted octanol–water partition coefficient (Wildman–Crippen LogP) is -0.574. The van der Waals surface area contributed by atoms with Crippen LogP contribution in [0.4, 0.5) is 0 Å². The molecule has 0 fully saturated rings. The molecular formula is C12H25KO4S. The Labute approximate surface area is 154 Å². The van der Waals surface area contributed by atoms with Gasteiger partial charge >= 0.3 is 51.4 Å². The van der Waals surface area contributed by atoms with Crippen molar-refractivity contribution < 1.29 is 69.5 Å². The standard InChI is InChI=1S/C12H26O4S.K/c1-3-5-8-11(13)9-6-10-12(7-4-2)17(14,15)16;/h11-13H,3-10H2,1-2H3,(H,14,15,16);/q;+1/p-1. The molecular weight excluding hydrogens is 279 g/mol. The van der Waals surface area contributed by atoms with Gasteiger partial charge in [-0.15, -0.1) is 0 Å². The Bertz CT molecular complexity index is 280. The van der Waals surface area contributed by atoms with Crippen LogP contribution >= 0.6 is 0 Å². The second-order valence-corrected chi connectivity index (χ2v) is 6.28. The molecule has 0 rings (SSSR count). The van der Waals surface area contributed by atoms with Crippen LogP contribution in [0.5, 0.6) is 0 Å². The molecule has 0 aliphatic carbocycles. The zero-order valence-electron chi connectivity index (χ0n) is 11.9. The van der Waals surface area contributed by atoms with E-state index in [1.54, 1.807) is 0 Å². The Morgan fingerprint density at radius 1 is 1.00 bits per heavy atom. The van der Waals surface area contributed by atoms with Crippen molar-refractivity contribution >= 4 is 10.1 Å². The summed E-state index contributed by atoms with van der Waals surface area (Å²) in [5.41, 5.74) is 0. The van der Waals surface area contributed by atoms with E-state index in [1.165, 1.54) is 0 Å². The van der Waals surface area contributed by atoms with E-state index in [0.29, 0.717) is 32.1 Å². The van der Waals surface area contributed by atoms with Crippen LogP contribution in [0.2, 0.25) is 0 Å². The van der Waals surface area contributed by atoms with Gasteiger partial charge < -0.3 is 9.66 Å². The summed E-state index contributed by atoms with van der Waals surface area (Å²) in [4.78, 5) is 0. The van der Waals surface area contributed by atoms with Gasteiger partial charge in [-0.1, -0.05) is 33.1 Å². The predicted molar refractivity (Wildman–Crippen MR) is 67.8 cm³/mol. The summed E-state index contributed by atoms with van der Waals surface area (Å²) in [6, 6.07) is 0. The van der Waals surface area contributed by atoms with Crippen LogP contribution in [0.1, 0.15) is 65.2 Å². The van der Waals surface area contributed by atoms with Crippen LogP contribution in [0.3, 0.4) is 0 Å². The maximum Gasteiger partial charge on any atom is 1.00 e. The maximum atomic E-state index is 11.0. The summed E-state index contributed by atoms with van der Waals surface area (Å²) >= 11 is 0. The molecule has 0 amide bonds. The number of aliphatic hydroxyl groups excluding tert-OH is 1. The Morgan fingerprint density at radius 2 is 1.56 bits per heavy atom. The van der Waals surface area contributed by atoms with Crippen molar-refractivity contribution in [3.63, 3.8) is 0 Å².